The SMILES string of the molecule is CC(C)C[C@H](CC(=O)[C@H](CCCN=C(N)N)NC(=O)[C@H](CC(=O)O)CC(=O)[C@@H](NC(=O)[C@H](CO)CC(=O)[C@@H](C)Cc1ccc(O)cc1)[C@@H](C)O)C(=O)N[C@@H](CCCN=C(N)N)C(=O)C[C@@H](CCCCN)C(N)=O. The molecule has 0 saturated carbocycles. The van der Waals surface area contributed by atoms with Crippen LogP contribution in [0.4, 0.5) is 0 Å². The van der Waals surface area contributed by atoms with Crippen molar-refractivity contribution in [3.63, 3.8) is 0 Å². The molecule has 1 aromatic carbocycles. The Balaban J connectivity index is 3.43. The highest BCUT2D eigenvalue weighted by Gasteiger charge is 2.37. The third kappa shape index (κ3) is 26.1. The zero-order valence-electron chi connectivity index (χ0n) is 42.6. The van der Waals surface area contributed by atoms with Gasteiger partial charge in [-0.3, -0.25) is 53.1 Å². The molecule has 1 rings (SSSR count). The molecule has 0 aliphatic heterocycles. The topological polar surface area (TPSA) is 451 Å². The predicted octanol–water partition coefficient (Wildman–Crippen LogP) is -1.06. The van der Waals surface area contributed by atoms with Gasteiger partial charge >= 0.3 is 5.97 Å². The van der Waals surface area contributed by atoms with Crippen molar-refractivity contribution in [1.82, 2.24) is 16.0 Å². The number of primary amides is 1. The quantitative estimate of drug-likeness (QED) is 0.0212. The number of hydrogen-bond acceptors (Lipinski definition) is 15. The van der Waals surface area contributed by atoms with Gasteiger partial charge in [0.25, 0.3) is 0 Å². The number of benzene rings is 1. The Kier molecular flexibility index (Phi) is 30.0. The van der Waals surface area contributed by atoms with Gasteiger partial charge < -0.3 is 70.8 Å². The number of carboxylic acid groups (broad SMARTS) is 1. The van der Waals surface area contributed by atoms with Crippen LogP contribution < -0.4 is 50.4 Å². The molecule has 24 nitrogen and oxygen atoms in total. The summed E-state index contributed by atoms with van der Waals surface area (Å²) in [6.45, 7) is 6.08. The second kappa shape index (κ2) is 34.0. The maximum atomic E-state index is 14.3. The summed E-state index contributed by atoms with van der Waals surface area (Å²) < 4.78 is 0. The number of rotatable bonds is 39. The number of phenols is 1. The molecular formula is C49H81N11O13. The van der Waals surface area contributed by atoms with E-state index < -0.39 is 139 Å². The maximum Gasteiger partial charge on any atom is 0.304 e. The monoisotopic (exact) mass is 1030 g/mol. The zero-order chi connectivity index (χ0) is 55.4. The summed E-state index contributed by atoms with van der Waals surface area (Å²) in [7, 11) is 0. The first kappa shape index (κ1) is 64.5. The molecule has 0 aliphatic carbocycles. The number of unbranched alkanes of at least 4 members (excludes halogenated alkanes) is 1. The van der Waals surface area contributed by atoms with E-state index in [1.165, 1.54) is 12.1 Å². The number of hydrogen-bond donors (Lipinski definition) is 13. The molecule has 0 radical (unpaired) electrons. The molecule has 0 spiro atoms. The van der Waals surface area contributed by atoms with E-state index in [0.29, 0.717) is 25.8 Å². The van der Waals surface area contributed by atoms with Gasteiger partial charge in [0.1, 0.15) is 17.6 Å². The van der Waals surface area contributed by atoms with Crippen molar-refractivity contribution in [3.05, 3.63) is 29.8 Å². The molecule has 0 unspecified atom stereocenters. The molecule has 0 fully saturated rings. The van der Waals surface area contributed by atoms with E-state index in [0.717, 1.165) is 12.5 Å². The van der Waals surface area contributed by atoms with Crippen LogP contribution in [0.1, 0.15) is 117 Å². The van der Waals surface area contributed by atoms with Gasteiger partial charge in [-0.15, -0.1) is 0 Å². The fraction of sp³-hybridized carbons (Fsp3) is 0.653. The van der Waals surface area contributed by atoms with Crippen molar-refractivity contribution in [1.29, 1.82) is 0 Å². The number of phenolic OH excluding ortho intramolecular Hbond substituents is 1. The number of aliphatic hydroxyl groups is 2. The summed E-state index contributed by atoms with van der Waals surface area (Å²) in [4.78, 5) is 129. The molecule has 0 saturated heterocycles. The third-order valence-corrected chi connectivity index (χ3v) is 12.2. The Morgan fingerprint density at radius 3 is 1.52 bits per heavy atom. The molecule has 0 heterocycles. The minimum absolute atomic E-state index is 0.00458. The Morgan fingerprint density at radius 1 is 0.589 bits per heavy atom. The van der Waals surface area contributed by atoms with Gasteiger partial charge in [-0.2, -0.15) is 0 Å². The number of carboxylic acids is 1. The first-order chi connectivity index (χ1) is 34.3. The van der Waals surface area contributed by atoms with Crippen molar-refractivity contribution in [3.8, 4) is 5.75 Å². The summed E-state index contributed by atoms with van der Waals surface area (Å²) in [6, 6.07) is 1.94. The van der Waals surface area contributed by atoms with Gasteiger partial charge in [0.05, 0.1) is 43.1 Å². The summed E-state index contributed by atoms with van der Waals surface area (Å²) in [5.41, 5.74) is 33.9. The zero-order valence-corrected chi connectivity index (χ0v) is 42.6. The molecule has 0 aliphatic rings. The van der Waals surface area contributed by atoms with E-state index in [1.807, 2.05) is 0 Å². The maximum absolute atomic E-state index is 14.3. The second-order valence-corrected chi connectivity index (χ2v) is 19.1. The Morgan fingerprint density at radius 2 is 1.07 bits per heavy atom. The van der Waals surface area contributed by atoms with Crippen LogP contribution in [0.2, 0.25) is 0 Å². The average molecular weight is 1030 g/mol. The van der Waals surface area contributed by atoms with Gasteiger partial charge in [0.2, 0.25) is 23.6 Å². The van der Waals surface area contributed by atoms with Crippen LogP contribution in [-0.4, -0.2) is 136 Å². The molecule has 0 bridgehead atoms. The van der Waals surface area contributed by atoms with Gasteiger partial charge in [0, 0.05) is 56.5 Å². The minimum atomic E-state index is -1.72. The highest BCUT2D eigenvalue weighted by Crippen LogP contribution is 2.23. The highest BCUT2D eigenvalue weighted by atomic mass is 16.4. The van der Waals surface area contributed by atoms with E-state index in [2.05, 4.69) is 25.9 Å². The lowest BCUT2D eigenvalue weighted by Crippen LogP contribution is -2.52. The van der Waals surface area contributed by atoms with Crippen LogP contribution in [0.5, 0.6) is 5.75 Å². The first-order valence-electron chi connectivity index (χ1n) is 24.7. The normalized spacial score (nSPS) is 14.9. The van der Waals surface area contributed by atoms with Gasteiger partial charge in [0.15, 0.2) is 29.3 Å². The Labute approximate surface area is 426 Å². The van der Waals surface area contributed by atoms with Crippen molar-refractivity contribution < 1.29 is 63.6 Å². The molecular weight excluding hydrogens is 951 g/mol. The lowest BCUT2D eigenvalue weighted by atomic mass is 9.87. The minimum Gasteiger partial charge on any atom is -0.508 e. The number of ketones is 4. The lowest BCUT2D eigenvalue weighted by molar-refractivity contribution is -0.143. The van der Waals surface area contributed by atoms with Crippen molar-refractivity contribution >= 4 is 64.7 Å². The number of aliphatic hydroxyl groups excluding tert-OH is 2. The molecule has 73 heavy (non-hydrogen) atoms. The number of Topliss-reactive ketones (excluding diaryl/α,β-unsaturated/α-hetero) is 4. The fourth-order valence-electron chi connectivity index (χ4n) is 8.08. The van der Waals surface area contributed by atoms with E-state index in [4.69, 9.17) is 34.4 Å². The first-order valence-corrected chi connectivity index (χ1v) is 24.7. The smallest absolute Gasteiger partial charge is 0.304 e. The van der Waals surface area contributed by atoms with Crippen LogP contribution in [0.25, 0.3) is 0 Å². The predicted molar refractivity (Wildman–Crippen MR) is 272 cm³/mol. The van der Waals surface area contributed by atoms with Crippen molar-refractivity contribution in [2.75, 3.05) is 26.2 Å². The third-order valence-electron chi connectivity index (χ3n) is 12.2. The van der Waals surface area contributed by atoms with E-state index in [1.54, 1.807) is 32.9 Å². The van der Waals surface area contributed by atoms with Gasteiger partial charge in [-0.25, -0.2) is 0 Å². The number of guanidine groups is 2. The van der Waals surface area contributed by atoms with Crippen LogP contribution in [0.3, 0.4) is 0 Å². The standard InChI is InChI=1S/C49H81N11O13/c1-27(2)19-32(45(71)58-36(10-7-17-56-48(52)53)39(65)21-31(44(51)70)9-5-6-16-50)22-40(66)37(11-8-18-57-49(54)55)59-46(72)33(25-42(68)69)23-41(67)43(29(4)62)60-47(73)34(26-61)24-38(64)28(3)20-30-12-14-35(63)15-13-30/h12-15,27-29,31-34,36-37,43,61-63H,5-11,16-26,50H2,1-4H3,(H2,51,70)(H,58,71)(H,59,72)(H,60,73)(H,68,69)(H4,52,53,56)(H4,54,55,57)/t28-,29+,31+,32+,33-,34-,36-,37-,43-/m0/s1. The molecule has 4 amide bonds. The molecule has 24 heteroatoms. The number of aliphatic carboxylic acids is 1. The number of carbonyl (C=O) groups is 9. The molecule has 19 N–H and O–H groups in total. The summed E-state index contributed by atoms with van der Waals surface area (Å²) in [6.07, 6.45) is -2.42. The van der Waals surface area contributed by atoms with Crippen molar-refractivity contribution in [2.24, 2.45) is 79.9 Å². The van der Waals surface area contributed by atoms with Gasteiger partial charge in [-0.05, 0) is 88.4 Å². The van der Waals surface area contributed by atoms with Crippen LogP contribution >= 0.6 is 0 Å². The summed E-state index contributed by atoms with van der Waals surface area (Å²) >= 11 is 0. The van der Waals surface area contributed by atoms with E-state index in [9.17, 15) is 63.6 Å². The van der Waals surface area contributed by atoms with E-state index in [-0.39, 0.29) is 81.6 Å². The second-order valence-electron chi connectivity index (χ2n) is 19.1. The molecule has 410 valence electrons. The number of carbonyl (C=O) groups excluding carboxylic acids is 8. The number of aromatic hydroxyl groups is 1. The van der Waals surface area contributed by atoms with Crippen LogP contribution in [0.15, 0.2) is 34.3 Å². The summed E-state index contributed by atoms with van der Waals surface area (Å²) in [5.74, 6) is -13.5. The molecule has 1 aromatic rings. The lowest BCUT2D eigenvalue weighted by Gasteiger charge is -2.27. The number of nitrogens with one attached hydrogen (secondary N) is 3. The number of aliphatic imine (C=N–C) groups is 2. The highest BCUT2D eigenvalue weighted by molar-refractivity contribution is 5.98. The Bertz CT molecular complexity index is 2040. The molecule has 0 aromatic heterocycles. The Hall–Kier alpha value is -6.53. The van der Waals surface area contributed by atoms with E-state index >= 15 is 0 Å². The van der Waals surface area contributed by atoms with Crippen LogP contribution in [-0.2, 0) is 49.6 Å². The average Bonchev–Trinajstić information content (AvgIpc) is 3.30. The van der Waals surface area contributed by atoms with Gasteiger partial charge in [-0.1, -0.05) is 39.3 Å². The largest absolute Gasteiger partial charge is 0.508 e. The fourth-order valence-corrected chi connectivity index (χ4v) is 8.08. The number of amides is 4. The summed E-state index contributed by atoms with van der Waals surface area (Å²) in [5, 5.41) is 47.8. The number of nitrogens with zero attached hydrogens (tertiary/aromatic N) is 2. The van der Waals surface area contributed by atoms with Crippen LogP contribution in [0, 0.1) is 35.5 Å². The number of nitrogens with two attached hydrogens (primary N) is 6. The molecule has 9 atom stereocenters. The van der Waals surface area contributed by atoms with Crippen molar-refractivity contribution in [2.45, 2.75) is 142 Å².